The van der Waals surface area contributed by atoms with Crippen LogP contribution in [0.1, 0.15) is 42.3 Å². The molecule has 0 N–H and O–H groups in total. The molecule has 0 saturated carbocycles. The van der Waals surface area contributed by atoms with Crippen LogP contribution in [-0.4, -0.2) is 19.5 Å². The summed E-state index contributed by atoms with van der Waals surface area (Å²) < 4.78 is 12.4. The highest BCUT2D eigenvalue weighted by molar-refractivity contribution is 9.10. The van der Waals surface area contributed by atoms with Gasteiger partial charge in [0.15, 0.2) is 6.29 Å². The lowest BCUT2D eigenvalue weighted by molar-refractivity contribution is 0.111. The van der Waals surface area contributed by atoms with Crippen LogP contribution < -0.4 is 9.47 Å². The maximum absolute atomic E-state index is 11.1. The van der Waals surface area contributed by atoms with E-state index in [2.05, 4.69) is 49.7 Å². The SMILES string of the molecule is Cc1ccc(OCCOc2ccc(Br)cc2C=O)c(C(C)(C)C)c1. The van der Waals surface area contributed by atoms with Crippen LogP contribution >= 0.6 is 15.9 Å². The van der Waals surface area contributed by atoms with Crippen LogP contribution in [0.2, 0.25) is 0 Å². The smallest absolute Gasteiger partial charge is 0.153 e. The third-order valence-corrected chi connectivity index (χ3v) is 4.13. The normalized spacial score (nSPS) is 11.2. The second kappa shape index (κ2) is 7.84. The lowest BCUT2D eigenvalue weighted by atomic mass is 9.85. The average Bonchev–Trinajstić information content (AvgIpc) is 2.52. The first-order chi connectivity index (χ1) is 11.3. The minimum absolute atomic E-state index is 0.0125. The topological polar surface area (TPSA) is 35.5 Å². The molecule has 0 saturated heterocycles. The molecule has 0 aliphatic rings. The molecule has 0 heterocycles. The van der Waals surface area contributed by atoms with Gasteiger partial charge in [0.2, 0.25) is 0 Å². The van der Waals surface area contributed by atoms with Crippen molar-refractivity contribution in [1.82, 2.24) is 0 Å². The van der Waals surface area contributed by atoms with Crippen molar-refractivity contribution in [3.8, 4) is 11.5 Å². The van der Waals surface area contributed by atoms with Crippen molar-refractivity contribution in [2.24, 2.45) is 0 Å². The van der Waals surface area contributed by atoms with E-state index >= 15 is 0 Å². The van der Waals surface area contributed by atoms with E-state index < -0.39 is 0 Å². The Kier molecular flexibility index (Phi) is 6.05. The van der Waals surface area contributed by atoms with Crippen molar-refractivity contribution in [2.75, 3.05) is 13.2 Å². The van der Waals surface area contributed by atoms with Crippen molar-refractivity contribution in [3.63, 3.8) is 0 Å². The van der Waals surface area contributed by atoms with Crippen molar-refractivity contribution < 1.29 is 14.3 Å². The first-order valence-electron chi connectivity index (χ1n) is 7.93. The monoisotopic (exact) mass is 390 g/mol. The Bertz CT molecular complexity index is 717. The fourth-order valence-corrected chi connectivity index (χ4v) is 2.78. The van der Waals surface area contributed by atoms with E-state index in [0.717, 1.165) is 16.5 Å². The lowest BCUT2D eigenvalue weighted by Crippen LogP contribution is -2.16. The molecule has 2 aromatic rings. The second-order valence-corrected chi connectivity index (χ2v) is 7.66. The number of benzene rings is 2. The molecule has 0 spiro atoms. The van der Waals surface area contributed by atoms with Crippen molar-refractivity contribution in [1.29, 1.82) is 0 Å². The molecule has 0 amide bonds. The van der Waals surface area contributed by atoms with Gasteiger partial charge in [-0.3, -0.25) is 4.79 Å². The highest BCUT2D eigenvalue weighted by atomic mass is 79.9. The Hall–Kier alpha value is -1.81. The zero-order chi connectivity index (χ0) is 17.7. The van der Waals surface area contributed by atoms with Gasteiger partial charge in [-0.2, -0.15) is 0 Å². The highest BCUT2D eigenvalue weighted by Crippen LogP contribution is 2.32. The first-order valence-corrected chi connectivity index (χ1v) is 8.72. The number of rotatable bonds is 6. The standard InChI is InChI=1S/C20H23BrO3/c1-14-5-7-19(17(11-14)20(2,3)4)24-10-9-23-18-8-6-16(21)12-15(18)13-22/h5-8,11-13H,9-10H2,1-4H3. The molecule has 0 aromatic heterocycles. The number of halogens is 1. The van der Waals surface area contributed by atoms with E-state index in [0.29, 0.717) is 24.5 Å². The van der Waals surface area contributed by atoms with Gasteiger partial charge >= 0.3 is 0 Å². The fraction of sp³-hybridized carbons (Fsp3) is 0.350. The Balaban J connectivity index is 1.99. The van der Waals surface area contributed by atoms with E-state index in [1.165, 1.54) is 11.1 Å². The van der Waals surface area contributed by atoms with Crippen LogP contribution in [0, 0.1) is 6.92 Å². The number of carbonyl (C=O) groups is 1. The summed E-state index contributed by atoms with van der Waals surface area (Å²) in [5.74, 6) is 1.44. The maximum Gasteiger partial charge on any atom is 0.153 e. The van der Waals surface area contributed by atoms with Gasteiger partial charge in [0, 0.05) is 4.47 Å². The van der Waals surface area contributed by atoms with Gasteiger partial charge in [-0.15, -0.1) is 0 Å². The summed E-state index contributed by atoms with van der Waals surface area (Å²) in [6, 6.07) is 11.6. The van der Waals surface area contributed by atoms with Crippen LogP contribution in [0.5, 0.6) is 11.5 Å². The quantitative estimate of drug-likeness (QED) is 0.494. The minimum Gasteiger partial charge on any atom is -0.490 e. The van der Waals surface area contributed by atoms with Gasteiger partial charge in [-0.05, 0) is 42.2 Å². The maximum atomic E-state index is 11.1. The number of carbonyl (C=O) groups excluding carboxylic acids is 1. The predicted octanol–water partition coefficient (Wildman–Crippen LogP) is 5.33. The Morgan fingerprint density at radius 3 is 2.25 bits per heavy atom. The molecule has 0 radical (unpaired) electrons. The summed E-state index contributed by atoms with van der Waals surface area (Å²) in [6.45, 7) is 9.38. The van der Waals surface area contributed by atoms with Crippen LogP contribution in [0.3, 0.4) is 0 Å². The largest absolute Gasteiger partial charge is 0.490 e. The summed E-state index contributed by atoms with van der Waals surface area (Å²) in [6.07, 6.45) is 0.790. The van der Waals surface area contributed by atoms with Crippen molar-refractivity contribution >= 4 is 22.2 Å². The van der Waals surface area contributed by atoms with Gasteiger partial charge in [0.05, 0.1) is 5.56 Å². The van der Waals surface area contributed by atoms with E-state index in [1.54, 1.807) is 12.1 Å². The second-order valence-electron chi connectivity index (χ2n) is 6.75. The molecule has 0 fully saturated rings. The fourth-order valence-electron chi connectivity index (χ4n) is 2.40. The zero-order valence-corrected chi connectivity index (χ0v) is 16.1. The van der Waals surface area contributed by atoms with E-state index in [9.17, 15) is 4.79 Å². The number of aldehydes is 1. The van der Waals surface area contributed by atoms with Gasteiger partial charge in [0.25, 0.3) is 0 Å². The highest BCUT2D eigenvalue weighted by Gasteiger charge is 2.19. The third-order valence-electron chi connectivity index (χ3n) is 3.64. The van der Waals surface area contributed by atoms with E-state index in [-0.39, 0.29) is 5.41 Å². The molecule has 2 rings (SSSR count). The van der Waals surface area contributed by atoms with Crippen LogP contribution in [0.4, 0.5) is 0 Å². The minimum atomic E-state index is 0.0125. The molecule has 2 aromatic carbocycles. The van der Waals surface area contributed by atoms with Crippen molar-refractivity contribution in [2.45, 2.75) is 33.1 Å². The molecule has 0 unspecified atom stereocenters. The molecule has 0 aliphatic heterocycles. The van der Waals surface area contributed by atoms with Crippen molar-refractivity contribution in [3.05, 3.63) is 57.6 Å². The number of hydrogen-bond donors (Lipinski definition) is 0. The molecule has 0 bridgehead atoms. The summed E-state index contributed by atoms with van der Waals surface area (Å²) in [4.78, 5) is 11.1. The molecule has 0 aliphatic carbocycles. The predicted molar refractivity (Wildman–Crippen MR) is 100 cm³/mol. The molecule has 4 heteroatoms. The molecular formula is C20H23BrO3. The Labute approximate surface area is 152 Å². The summed E-state index contributed by atoms with van der Waals surface area (Å²) in [5.41, 5.74) is 2.93. The number of ether oxygens (including phenoxy) is 2. The molecule has 3 nitrogen and oxygen atoms in total. The average molecular weight is 391 g/mol. The third kappa shape index (κ3) is 4.84. The molecular weight excluding hydrogens is 368 g/mol. The van der Waals surface area contributed by atoms with Gasteiger partial charge in [0.1, 0.15) is 24.7 Å². The zero-order valence-electron chi connectivity index (χ0n) is 14.6. The summed E-state index contributed by atoms with van der Waals surface area (Å²) in [5, 5.41) is 0. The number of hydrogen-bond acceptors (Lipinski definition) is 3. The summed E-state index contributed by atoms with van der Waals surface area (Å²) in [7, 11) is 0. The molecule has 24 heavy (non-hydrogen) atoms. The van der Waals surface area contributed by atoms with E-state index in [1.807, 2.05) is 18.2 Å². The van der Waals surface area contributed by atoms with Gasteiger partial charge in [-0.1, -0.05) is 54.4 Å². The molecule has 0 atom stereocenters. The molecule has 128 valence electrons. The van der Waals surface area contributed by atoms with Crippen LogP contribution in [-0.2, 0) is 5.41 Å². The number of aryl methyl sites for hydroxylation is 1. The van der Waals surface area contributed by atoms with Crippen LogP contribution in [0.15, 0.2) is 40.9 Å². The first kappa shape index (κ1) is 18.5. The Morgan fingerprint density at radius 1 is 1.00 bits per heavy atom. The van der Waals surface area contributed by atoms with Crippen LogP contribution in [0.25, 0.3) is 0 Å². The lowest BCUT2D eigenvalue weighted by Gasteiger charge is -2.23. The summed E-state index contributed by atoms with van der Waals surface area (Å²) >= 11 is 3.34. The van der Waals surface area contributed by atoms with E-state index in [4.69, 9.17) is 9.47 Å². The van der Waals surface area contributed by atoms with Gasteiger partial charge < -0.3 is 9.47 Å². The van der Waals surface area contributed by atoms with Gasteiger partial charge in [-0.25, -0.2) is 0 Å². The Morgan fingerprint density at radius 2 is 1.62 bits per heavy atom.